The first-order valence-electron chi connectivity index (χ1n) is 6.75. The Morgan fingerprint density at radius 2 is 2.14 bits per heavy atom. The van der Waals surface area contributed by atoms with E-state index in [2.05, 4.69) is 15.3 Å². The van der Waals surface area contributed by atoms with Crippen LogP contribution in [0.5, 0.6) is 0 Å². The van der Waals surface area contributed by atoms with Crippen molar-refractivity contribution < 1.29 is 4.79 Å². The Morgan fingerprint density at radius 3 is 2.91 bits per heavy atom. The minimum Gasteiger partial charge on any atom is -0.367 e. The lowest BCUT2D eigenvalue weighted by molar-refractivity contribution is 0.102. The SMILES string of the molecule is O=C(Nc1ccsc1)c1cn2cc(-c3cc[nH]c3)ccc2n1. The monoisotopic (exact) mass is 308 g/mol. The van der Waals surface area contributed by atoms with Crippen LogP contribution in [0.1, 0.15) is 10.5 Å². The minimum absolute atomic E-state index is 0.203. The number of carbonyl (C=O) groups excluding carboxylic acids is 1. The van der Waals surface area contributed by atoms with Crippen LogP contribution in [0.2, 0.25) is 0 Å². The third kappa shape index (κ3) is 2.29. The molecule has 0 aromatic carbocycles. The highest BCUT2D eigenvalue weighted by molar-refractivity contribution is 7.08. The van der Waals surface area contributed by atoms with E-state index < -0.39 is 0 Å². The van der Waals surface area contributed by atoms with E-state index in [9.17, 15) is 4.79 Å². The second-order valence-corrected chi connectivity index (χ2v) is 5.66. The van der Waals surface area contributed by atoms with Gasteiger partial charge in [0.25, 0.3) is 5.91 Å². The summed E-state index contributed by atoms with van der Waals surface area (Å²) in [5, 5.41) is 6.64. The lowest BCUT2D eigenvalue weighted by Crippen LogP contribution is -2.11. The molecule has 0 saturated heterocycles. The summed E-state index contributed by atoms with van der Waals surface area (Å²) < 4.78 is 1.87. The van der Waals surface area contributed by atoms with Gasteiger partial charge in [-0.3, -0.25) is 4.79 Å². The summed E-state index contributed by atoms with van der Waals surface area (Å²) in [6, 6.07) is 7.76. The molecule has 0 unspecified atom stereocenters. The lowest BCUT2D eigenvalue weighted by atomic mass is 10.1. The molecule has 2 N–H and O–H groups in total. The number of H-pyrrole nitrogens is 1. The highest BCUT2D eigenvalue weighted by Gasteiger charge is 2.11. The first-order valence-corrected chi connectivity index (χ1v) is 7.69. The van der Waals surface area contributed by atoms with Crippen molar-refractivity contribution in [2.75, 3.05) is 5.32 Å². The second kappa shape index (κ2) is 5.16. The number of rotatable bonds is 3. The first kappa shape index (κ1) is 12.8. The number of fused-ring (bicyclic) bond motifs is 1. The number of pyridine rings is 1. The maximum absolute atomic E-state index is 12.2. The van der Waals surface area contributed by atoms with Gasteiger partial charge in [0.2, 0.25) is 0 Å². The predicted molar refractivity (Wildman–Crippen MR) is 87.3 cm³/mol. The molecule has 0 saturated carbocycles. The van der Waals surface area contributed by atoms with Gasteiger partial charge < -0.3 is 14.7 Å². The molecule has 5 nitrogen and oxygen atoms in total. The maximum Gasteiger partial charge on any atom is 0.275 e. The molecule has 4 aromatic heterocycles. The summed E-state index contributed by atoms with van der Waals surface area (Å²) in [5.41, 5.74) is 4.10. The number of aromatic nitrogens is 3. The average molecular weight is 308 g/mol. The Labute approximate surface area is 130 Å². The van der Waals surface area contributed by atoms with E-state index in [1.807, 2.05) is 58.0 Å². The van der Waals surface area contributed by atoms with E-state index in [0.29, 0.717) is 5.69 Å². The van der Waals surface area contributed by atoms with E-state index in [1.165, 1.54) is 11.3 Å². The van der Waals surface area contributed by atoms with Crippen LogP contribution >= 0.6 is 11.3 Å². The molecular formula is C16H12N4OS. The van der Waals surface area contributed by atoms with Crippen LogP contribution in [-0.4, -0.2) is 20.3 Å². The second-order valence-electron chi connectivity index (χ2n) is 4.88. The summed E-state index contributed by atoms with van der Waals surface area (Å²) in [6.07, 6.45) is 7.52. The molecular weight excluding hydrogens is 296 g/mol. The molecule has 0 fully saturated rings. The third-order valence-corrected chi connectivity index (χ3v) is 4.08. The van der Waals surface area contributed by atoms with Crippen LogP contribution in [0.25, 0.3) is 16.8 Å². The van der Waals surface area contributed by atoms with E-state index in [-0.39, 0.29) is 5.91 Å². The van der Waals surface area contributed by atoms with Crippen LogP contribution in [-0.2, 0) is 0 Å². The van der Waals surface area contributed by atoms with Crippen molar-refractivity contribution in [3.63, 3.8) is 0 Å². The average Bonchev–Trinajstić information content (AvgIpc) is 3.27. The molecule has 0 bridgehead atoms. The number of hydrogen-bond acceptors (Lipinski definition) is 3. The zero-order valence-corrected chi connectivity index (χ0v) is 12.3. The number of amides is 1. The summed E-state index contributed by atoms with van der Waals surface area (Å²) in [6.45, 7) is 0. The molecule has 0 aliphatic heterocycles. The van der Waals surface area contributed by atoms with Gasteiger partial charge in [-0.15, -0.1) is 0 Å². The molecule has 4 aromatic rings. The van der Waals surface area contributed by atoms with Gasteiger partial charge in [-0.1, -0.05) is 0 Å². The zero-order chi connectivity index (χ0) is 14.9. The summed E-state index contributed by atoms with van der Waals surface area (Å²) in [5.74, 6) is -0.203. The van der Waals surface area contributed by atoms with Crippen molar-refractivity contribution in [3.8, 4) is 11.1 Å². The number of thiophene rings is 1. The van der Waals surface area contributed by atoms with Crippen molar-refractivity contribution in [3.05, 3.63) is 65.5 Å². The van der Waals surface area contributed by atoms with Crippen LogP contribution in [0.15, 0.2) is 59.8 Å². The minimum atomic E-state index is -0.203. The number of nitrogens with one attached hydrogen (secondary N) is 2. The van der Waals surface area contributed by atoms with Gasteiger partial charge in [0.05, 0.1) is 5.69 Å². The highest BCUT2D eigenvalue weighted by atomic mass is 32.1. The number of aromatic amines is 1. The normalized spacial score (nSPS) is 10.9. The van der Waals surface area contributed by atoms with Crippen LogP contribution in [0.3, 0.4) is 0 Å². The van der Waals surface area contributed by atoms with Crippen molar-refractivity contribution >= 4 is 28.6 Å². The topological polar surface area (TPSA) is 62.2 Å². The quantitative estimate of drug-likeness (QED) is 0.607. The molecule has 4 heterocycles. The van der Waals surface area contributed by atoms with Crippen LogP contribution in [0, 0.1) is 0 Å². The fraction of sp³-hybridized carbons (Fsp3) is 0. The summed E-state index contributed by atoms with van der Waals surface area (Å²) >= 11 is 1.54. The summed E-state index contributed by atoms with van der Waals surface area (Å²) in [4.78, 5) is 19.6. The molecule has 0 radical (unpaired) electrons. The highest BCUT2D eigenvalue weighted by Crippen LogP contribution is 2.20. The van der Waals surface area contributed by atoms with E-state index in [0.717, 1.165) is 22.5 Å². The van der Waals surface area contributed by atoms with Crippen molar-refractivity contribution in [2.45, 2.75) is 0 Å². The maximum atomic E-state index is 12.2. The largest absolute Gasteiger partial charge is 0.367 e. The van der Waals surface area contributed by atoms with Gasteiger partial charge in [0, 0.05) is 35.7 Å². The molecule has 1 amide bonds. The number of imidazole rings is 1. The van der Waals surface area contributed by atoms with E-state index in [1.54, 1.807) is 6.20 Å². The number of carbonyl (C=O) groups is 1. The molecule has 0 atom stereocenters. The van der Waals surface area contributed by atoms with Crippen molar-refractivity contribution in [1.82, 2.24) is 14.4 Å². The van der Waals surface area contributed by atoms with Crippen LogP contribution in [0.4, 0.5) is 5.69 Å². The first-order chi connectivity index (χ1) is 10.8. The van der Waals surface area contributed by atoms with E-state index in [4.69, 9.17) is 0 Å². The lowest BCUT2D eigenvalue weighted by Gasteiger charge is -1.98. The Balaban J connectivity index is 1.67. The smallest absolute Gasteiger partial charge is 0.275 e. The van der Waals surface area contributed by atoms with Gasteiger partial charge in [0.15, 0.2) is 0 Å². The van der Waals surface area contributed by atoms with Gasteiger partial charge >= 0.3 is 0 Å². The molecule has 0 spiro atoms. The molecule has 0 aliphatic rings. The van der Waals surface area contributed by atoms with E-state index >= 15 is 0 Å². The molecule has 4 rings (SSSR count). The van der Waals surface area contributed by atoms with Gasteiger partial charge in [-0.25, -0.2) is 4.98 Å². The fourth-order valence-corrected chi connectivity index (χ4v) is 2.89. The Morgan fingerprint density at radius 1 is 1.18 bits per heavy atom. The predicted octanol–water partition coefficient (Wildman–Crippen LogP) is 3.64. The summed E-state index contributed by atoms with van der Waals surface area (Å²) in [7, 11) is 0. The number of hydrogen-bond donors (Lipinski definition) is 2. The number of nitrogens with zero attached hydrogens (tertiary/aromatic N) is 2. The standard InChI is InChI=1S/C16H12N4OS/c21-16(18-13-4-6-22-10-13)14-9-20-8-12(1-2-15(20)19-14)11-3-5-17-7-11/h1-10,17H,(H,18,21). The Kier molecular flexibility index (Phi) is 3.01. The van der Waals surface area contributed by atoms with Gasteiger partial charge in [-0.05, 0) is 35.2 Å². The molecule has 0 aliphatic carbocycles. The number of anilines is 1. The van der Waals surface area contributed by atoms with Crippen molar-refractivity contribution in [2.24, 2.45) is 0 Å². The van der Waals surface area contributed by atoms with Crippen LogP contribution < -0.4 is 5.32 Å². The Hall–Kier alpha value is -2.86. The molecule has 22 heavy (non-hydrogen) atoms. The zero-order valence-electron chi connectivity index (χ0n) is 11.5. The third-order valence-electron chi connectivity index (χ3n) is 3.39. The molecule has 108 valence electrons. The fourth-order valence-electron chi connectivity index (χ4n) is 2.31. The van der Waals surface area contributed by atoms with Crippen molar-refractivity contribution in [1.29, 1.82) is 0 Å². The molecule has 6 heteroatoms. The van der Waals surface area contributed by atoms with Gasteiger partial charge in [-0.2, -0.15) is 11.3 Å². The Bertz CT molecular complexity index is 923. The van der Waals surface area contributed by atoms with Gasteiger partial charge in [0.1, 0.15) is 11.3 Å².